The lowest BCUT2D eigenvalue weighted by Crippen LogP contribution is -2.42. The Kier molecular flexibility index (Phi) is 9.74. The second-order valence-corrected chi connectivity index (χ2v) is 9.30. The van der Waals surface area contributed by atoms with Gasteiger partial charge in [0, 0.05) is 49.3 Å². The Bertz CT molecular complexity index is 963. The van der Waals surface area contributed by atoms with Crippen LogP contribution in [0.5, 0.6) is 0 Å². The summed E-state index contributed by atoms with van der Waals surface area (Å²) in [7, 11) is 0. The lowest BCUT2D eigenvalue weighted by Gasteiger charge is -2.31. The molecule has 1 amide bonds. The third kappa shape index (κ3) is 6.72. The van der Waals surface area contributed by atoms with Crippen LogP contribution < -0.4 is 4.90 Å². The quantitative estimate of drug-likeness (QED) is 0.277. The molecular formula is C26H36N4O3S. The minimum atomic E-state index is -0.228. The van der Waals surface area contributed by atoms with Crippen molar-refractivity contribution in [2.45, 2.75) is 57.9 Å². The average molecular weight is 485 g/mol. The number of thioether (sulfide) groups is 1. The van der Waals surface area contributed by atoms with Crippen molar-refractivity contribution in [1.29, 1.82) is 0 Å². The fraction of sp³-hybridized carbons (Fsp3) is 0.538. The van der Waals surface area contributed by atoms with Crippen molar-refractivity contribution in [3.8, 4) is 0 Å². The molecule has 34 heavy (non-hydrogen) atoms. The van der Waals surface area contributed by atoms with E-state index in [0.29, 0.717) is 25.3 Å². The van der Waals surface area contributed by atoms with E-state index in [1.165, 1.54) is 0 Å². The molecule has 2 aromatic rings. The summed E-state index contributed by atoms with van der Waals surface area (Å²) in [5, 5.41) is 0.778. The van der Waals surface area contributed by atoms with Crippen LogP contribution >= 0.6 is 11.8 Å². The normalized spacial score (nSPS) is 15.8. The minimum Gasteiger partial charge on any atom is -0.466 e. The van der Waals surface area contributed by atoms with E-state index in [-0.39, 0.29) is 17.8 Å². The molecule has 0 radical (unpaired) electrons. The molecular weight excluding hydrogens is 448 g/mol. The average Bonchev–Trinajstić information content (AvgIpc) is 2.88. The fourth-order valence-corrected chi connectivity index (χ4v) is 4.93. The summed E-state index contributed by atoms with van der Waals surface area (Å²) in [6.45, 7) is 11.5. The number of aromatic nitrogens is 2. The van der Waals surface area contributed by atoms with Crippen LogP contribution in [-0.2, 0) is 21.7 Å². The van der Waals surface area contributed by atoms with Gasteiger partial charge in [-0.25, -0.2) is 9.97 Å². The molecule has 2 heterocycles. The molecule has 184 valence electrons. The van der Waals surface area contributed by atoms with E-state index >= 15 is 0 Å². The molecule has 0 saturated carbocycles. The van der Waals surface area contributed by atoms with Crippen molar-refractivity contribution in [3.05, 3.63) is 47.2 Å². The third-order valence-corrected chi connectivity index (χ3v) is 7.01. The molecule has 1 aromatic heterocycles. The van der Waals surface area contributed by atoms with Crippen LogP contribution in [0, 0.1) is 5.92 Å². The van der Waals surface area contributed by atoms with Crippen LogP contribution in [-0.4, -0.2) is 59.5 Å². The molecule has 0 aliphatic carbocycles. The molecule has 1 saturated heterocycles. The zero-order valence-corrected chi connectivity index (χ0v) is 21.6. The van der Waals surface area contributed by atoms with Crippen molar-refractivity contribution in [3.63, 3.8) is 0 Å². The summed E-state index contributed by atoms with van der Waals surface area (Å²) in [5.74, 6) is 1.24. The maximum Gasteiger partial charge on any atom is 0.310 e. The van der Waals surface area contributed by atoms with Gasteiger partial charge in [0.25, 0.3) is 5.91 Å². The van der Waals surface area contributed by atoms with E-state index < -0.39 is 0 Å². The highest BCUT2D eigenvalue weighted by atomic mass is 32.2. The first-order chi connectivity index (χ1) is 16.5. The molecule has 1 aliphatic rings. The van der Waals surface area contributed by atoms with Crippen LogP contribution in [0.1, 0.15) is 62.2 Å². The third-order valence-electron chi connectivity index (χ3n) is 6.09. The van der Waals surface area contributed by atoms with Gasteiger partial charge in [-0.2, -0.15) is 0 Å². The fourth-order valence-electron chi connectivity index (χ4n) is 4.10. The zero-order chi connectivity index (χ0) is 24.5. The highest BCUT2D eigenvalue weighted by Gasteiger charge is 2.29. The highest BCUT2D eigenvalue weighted by Crippen LogP contribution is 2.24. The Morgan fingerprint density at radius 1 is 1.12 bits per heavy atom. The predicted octanol–water partition coefficient (Wildman–Crippen LogP) is 4.59. The van der Waals surface area contributed by atoms with Gasteiger partial charge < -0.3 is 14.5 Å². The van der Waals surface area contributed by atoms with Crippen LogP contribution in [0.2, 0.25) is 0 Å². The number of hydrogen-bond acceptors (Lipinski definition) is 7. The predicted molar refractivity (Wildman–Crippen MR) is 136 cm³/mol. The van der Waals surface area contributed by atoms with Crippen molar-refractivity contribution >= 4 is 29.5 Å². The van der Waals surface area contributed by atoms with Gasteiger partial charge in [0.1, 0.15) is 5.82 Å². The Labute approximate surface area is 207 Å². The molecule has 3 rings (SSSR count). The molecule has 1 atom stereocenters. The number of aryl methyl sites for hydroxylation is 1. The van der Waals surface area contributed by atoms with Gasteiger partial charge in [0.15, 0.2) is 5.16 Å². The van der Waals surface area contributed by atoms with Crippen molar-refractivity contribution in [2.75, 3.05) is 37.7 Å². The molecule has 0 spiro atoms. The number of likely N-dealkylation sites (tertiary alicyclic amines) is 1. The maximum absolute atomic E-state index is 13.0. The lowest BCUT2D eigenvalue weighted by molar-refractivity contribution is -0.149. The van der Waals surface area contributed by atoms with Gasteiger partial charge in [-0.15, -0.1) is 0 Å². The monoisotopic (exact) mass is 484 g/mol. The molecule has 0 unspecified atom stereocenters. The number of anilines is 1. The zero-order valence-electron chi connectivity index (χ0n) is 20.7. The molecule has 0 N–H and O–H groups in total. The Balaban J connectivity index is 1.62. The van der Waals surface area contributed by atoms with Crippen molar-refractivity contribution in [2.24, 2.45) is 5.92 Å². The smallest absolute Gasteiger partial charge is 0.310 e. The number of carbonyl (C=O) groups excluding carboxylic acids is 2. The van der Waals surface area contributed by atoms with Crippen LogP contribution in [0.4, 0.5) is 5.82 Å². The topological polar surface area (TPSA) is 75.6 Å². The van der Waals surface area contributed by atoms with Gasteiger partial charge >= 0.3 is 5.97 Å². The van der Waals surface area contributed by atoms with Crippen molar-refractivity contribution < 1.29 is 14.3 Å². The van der Waals surface area contributed by atoms with E-state index in [9.17, 15) is 9.59 Å². The lowest BCUT2D eigenvalue weighted by atomic mass is 9.97. The van der Waals surface area contributed by atoms with Crippen LogP contribution in [0.25, 0.3) is 0 Å². The van der Waals surface area contributed by atoms with E-state index in [0.717, 1.165) is 60.3 Å². The Morgan fingerprint density at radius 2 is 1.85 bits per heavy atom. The SMILES string of the molecule is CCOC(=O)[C@H]1CCCN(C(=O)c2ccc(CSc3nc(CC)cc(N(CC)CC)n3)cc2)C1. The number of benzene rings is 1. The number of nitrogens with zero attached hydrogens (tertiary/aromatic N) is 4. The number of esters is 1. The van der Waals surface area contributed by atoms with Gasteiger partial charge in [-0.1, -0.05) is 30.8 Å². The van der Waals surface area contributed by atoms with Crippen LogP contribution in [0.3, 0.4) is 0 Å². The number of amides is 1. The second kappa shape index (κ2) is 12.7. The summed E-state index contributed by atoms with van der Waals surface area (Å²) < 4.78 is 5.15. The summed E-state index contributed by atoms with van der Waals surface area (Å²) >= 11 is 1.61. The van der Waals surface area contributed by atoms with E-state index in [4.69, 9.17) is 9.72 Å². The largest absolute Gasteiger partial charge is 0.466 e. The molecule has 7 nitrogen and oxygen atoms in total. The summed E-state index contributed by atoms with van der Waals surface area (Å²) in [6, 6.07) is 9.79. The number of hydrogen-bond donors (Lipinski definition) is 0. The Hall–Kier alpha value is -2.61. The Morgan fingerprint density at radius 3 is 2.50 bits per heavy atom. The molecule has 0 bridgehead atoms. The highest BCUT2D eigenvalue weighted by molar-refractivity contribution is 7.98. The van der Waals surface area contributed by atoms with E-state index in [2.05, 4.69) is 36.7 Å². The minimum absolute atomic E-state index is 0.0314. The van der Waals surface area contributed by atoms with Gasteiger partial charge in [-0.3, -0.25) is 9.59 Å². The summed E-state index contributed by atoms with van der Waals surface area (Å²) in [5.41, 5.74) is 2.80. The molecule has 1 aromatic carbocycles. The first kappa shape index (κ1) is 26.0. The second-order valence-electron chi connectivity index (χ2n) is 8.35. The van der Waals surface area contributed by atoms with Gasteiger partial charge in [-0.05, 0) is 57.7 Å². The summed E-state index contributed by atoms with van der Waals surface area (Å²) in [6.07, 6.45) is 2.46. The van der Waals surface area contributed by atoms with Gasteiger partial charge in [0.2, 0.25) is 0 Å². The van der Waals surface area contributed by atoms with E-state index in [1.54, 1.807) is 23.6 Å². The maximum atomic E-state index is 13.0. The molecule has 1 aliphatic heterocycles. The number of rotatable bonds is 10. The molecule has 8 heteroatoms. The number of piperidine rings is 1. The number of ether oxygens (including phenoxy) is 1. The van der Waals surface area contributed by atoms with Crippen molar-refractivity contribution in [1.82, 2.24) is 14.9 Å². The van der Waals surface area contributed by atoms with Gasteiger partial charge in [0.05, 0.1) is 12.5 Å². The summed E-state index contributed by atoms with van der Waals surface area (Å²) in [4.78, 5) is 38.5. The first-order valence-corrected chi connectivity index (χ1v) is 13.3. The van der Waals surface area contributed by atoms with E-state index in [1.807, 2.05) is 24.3 Å². The number of carbonyl (C=O) groups is 2. The molecule has 1 fully saturated rings. The standard InChI is InChI=1S/C26H36N4O3S/c1-5-22-16-23(29(6-2)7-3)28-26(27-22)34-18-19-11-13-20(14-12-19)24(31)30-15-9-10-21(17-30)25(32)33-8-4/h11-14,16,21H,5-10,15,17-18H2,1-4H3/t21-/m0/s1. The van der Waals surface area contributed by atoms with Crippen LogP contribution in [0.15, 0.2) is 35.5 Å². The first-order valence-electron chi connectivity index (χ1n) is 12.3.